The van der Waals surface area contributed by atoms with Crippen molar-refractivity contribution in [3.63, 3.8) is 0 Å². The Morgan fingerprint density at radius 2 is 1.87 bits per heavy atom. The molecule has 0 aliphatic rings. The topological polar surface area (TPSA) is 64.0 Å². The molecule has 31 heavy (non-hydrogen) atoms. The number of aryl methyl sites for hydroxylation is 3. The average molecular weight is 458 g/mol. The molecule has 0 spiro atoms. The number of hydrogen-bond acceptors (Lipinski definition) is 5. The van der Waals surface area contributed by atoms with E-state index in [4.69, 9.17) is 4.98 Å². The Bertz CT molecular complexity index is 1130. The highest BCUT2D eigenvalue weighted by atomic mass is 32.2. The monoisotopic (exact) mass is 457 g/mol. The van der Waals surface area contributed by atoms with Crippen LogP contribution in [0.25, 0.3) is 10.2 Å². The van der Waals surface area contributed by atoms with Crippen LogP contribution in [0, 0.1) is 19.8 Å². The normalized spacial score (nSPS) is 12.5. The number of nitrogens with one attached hydrogen (secondary N) is 1. The molecule has 1 atom stereocenters. The van der Waals surface area contributed by atoms with Gasteiger partial charge in [-0.1, -0.05) is 62.4 Å². The number of hydrogen-bond donors (Lipinski definition) is 1. The van der Waals surface area contributed by atoms with E-state index in [0.29, 0.717) is 23.0 Å². The zero-order chi connectivity index (χ0) is 22.7. The van der Waals surface area contributed by atoms with Gasteiger partial charge in [0, 0.05) is 10.9 Å². The molecule has 0 aliphatic carbocycles. The zero-order valence-corrected chi connectivity index (χ0v) is 20.7. The van der Waals surface area contributed by atoms with Crippen LogP contribution in [-0.2, 0) is 17.8 Å². The van der Waals surface area contributed by atoms with Gasteiger partial charge in [-0.2, -0.15) is 0 Å². The van der Waals surface area contributed by atoms with Crippen LogP contribution in [0.4, 0.5) is 0 Å². The Labute approximate surface area is 192 Å². The molecule has 3 rings (SSSR count). The van der Waals surface area contributed by atoms with Gasteiger partial charge >= 0.3 is 0 Å². The predicted octanol–water partition coefficient (Wildman–Crippen LogP) is 4.94. The van der Waals surface area contributed by atoms with Crippen molar-refractivity contribution in [1.82, 2.24) is 14.9 Å². The quantitative estimate of drug-likeness (QED) is 0.384. The first kappa shape index (κ1) is 23.5. The van der Waals surface area contributed by atoms with Crippen molar-refractivity contribution in [2.75, 3.05) is 5.75 Å². The minimum atomic E-state index is -0.0426. The van der Waals surface area contributed by atoms with Crippen LogP contribution in [0.3, 0.4) is 0 Å². The van der Waals surface area contributed by atoms with E-state index in [1.165, 1.54) is 22.2 Å². The number of thiophene rings is 1. The lowest BCUT2D eigenvalue weighted by Gasteiger charge is -2.17. The number of amides is 1. The van der Waals surface area contributed by atoms with Crippen LogP contribution in [0.1, 0.15) is 49.3 Å². The van der Waals surface area contributed by atoms with Crippen molar-refractivity contribution in [3.05, 3.63) is 56.2 Å². The first-order chi connectivity index (χ1) is 14.7. The number of rotatable bonds is 8. The van der Waals surface area contributed by atoms with Crippen LogP contribution in [0.15, 0.2) is 34.2 Å². The standard InChI is InChI=1S/C24H31N3O2S2/c1-7-19-16(5)21-22(31-19)26-24(30-13-20(28)25-17(6)14(2)3)27(23(21)29)12-18-10-8-15(4)9-11-18/h8-11,14,17H,7,12-13H2,1-6H3,(H,25,28). The fourth-order valence-electron chi connectivity index (χ4n) is 3.30. The van der Waals surface area contributed by atoms with E-state index in [0.717, 1.165) is 22.4 Å². The van der Waals surface area contributed by atoms with Gasteiger partial charge in [-0.15, -0.1) is 11.3 Å². The lowest BCUT2D eigenvalue weighted by atomic mass is 10.1. The largest absolute Gasteiger partial charge is 0.353 e. The second-order valence-electron chi connectivity index (χ2n) is 8.34. The van der Waals surface area contributed by atoms with Crippen molar-refractivity contribution in [3.8, 4) is 0 Å². The molecular formula is C24H31N3O2S2. The van der Waals surface area contributed by atoms with Gasteiger partial charge in [0.15, 0.2) is 5.16 Å². The average Bonchev–Trinajstić information content (AvgIpc) is 3.05. The molecule has 0 saturated heterocycles. The minimum absolute atomic E-state index is 0.0301. The molecule has 2 heterocycles. The summed E-state index contributed by atoms with van der Waals surface area (Å²) in [5, 5.41) is 4.32. The maximum Gasteiger partial charge on any atom is 0.263 e. The van der Waals surface area contributed by atoms with E-state index in [9.17, 15) is 9.59 Å². The predicted molar refractivity (Wildman–Crippen MR) is 131 cm³/mol. The molecule has 1 unspecified atom stereocenters. The number of thioether (sulfide) groups is 1. The van der Waals surface area contributed by atoms with Gasteiger partial charge in [-0.05, 0) is 44.2 Å². The van der Waals surface area contributed by atoms with Crippen molar-refractivity contribution >= 4 is 39.2 Å². The minimum Gasteiger partial charge on any atom is -0.353 e. The molecule has 0 bridgehead atoms. The fourth-order valence-corrected chi connectivity index (χ4v) is 5.27. The first-order valence-electron chi connectivity index (χ1n) is 10.7. The molecule has 0 saturated carbocycles. The molecule has 1 aromatic carbocycles. The van der Waals surface area contributed by atoms with Gasteiger partial charge in [0.1, 0.15) is 4.83 Å². The summed E-state index contributed by atoms with van der Waals surface area (Å²) >= 11 is 2.91. The maximum absolute atomic E-state index is 13.5. The summed E-state index contributed by atoms with van der Waals surface area (Å²) in [5.74, 6) is 0.553. The van der Waals surface area contributed by atoms with Gasteiger partial charge < -0.3 is 5.32 Å². The molecule has 5 nitrogen and oxygen atoms in total. The van der Waals surface area contributed by atoms with E-state index in [-0.39, 0.29) is 23.3 Å². The lowest BCUT2D eigenvalue weighted by Crippen LogP contribution is -2.37. The number of aromatic nitrogens is 2. The molecule has 1 N–H and O–H groups in total. The SMILES string of the molecule is CCc1sc2nc(SCC(=O)NC(C)C(C)C)n(Cc3ccc(C)cc3)c(=O)c2c1C. The molecule has 1 amide bonds. The highest BCUT2D eigenvalue weighted by Gasteiger charge is 2.19. The van der Waals surface area contributed by atoms with Gasteiger partial charge in [-0.25, -0.2) is 4.98 Å². The number of carbonyl (C=O) groups excluding carboxylic acids is 1. The Balaban J connectivity index is 1.98. The molecule has 2 aromatic heterocycles. The van der Waals surface area contributed by atoms with Crippen molar-refractivity contribution in [2.45, 2.75) is 65.7 Å². The first-order valence-corrected chi connectivity index (χ1v) is 12.5. The number of nitrogens with zero attached hydrogens (tertiary/aromatic N) is 2. The number of carbonyl (C=O) groups is 1. The summed E-state index contributed by atoms with van der Waals surface area (Å²) in [6, 6.07) is 8.27. The third kappa shape index (κ3) is 5.39. The maximum atomic E-state index is 13.5. The van der Waals surface area contributed by atoms with Crippen LogP contribution in [0.2, 0.25) is 0 Å². The Morgan fingerprint density at radius 1 is 1.19 bits per heavy atom. The molecule has 0 radical (unpaired) electrons. The van der Waals surface area contributed by atoms with E-state index in [1.54, 1.807) is 15.9 Å². The van der Waals surface area contributed by atoms with E-state index in [2.05, 4.69) is 26.1 Å². The third-order valence-corrected chi connectivity index (χ3v) is 7.92. The molecule has 0 aliphatic heterocycles. The van der Waals surface area contributed by atoms with E-state index in [1.807, 2.05) is 45.0 Å². The number of benzene rings is 1. The van der Waals surface area contributed by atoms with Crippen LogP contribution in [-0.4, -0.2) is 27.3 Å². The highest BCUT2D eigenvalue weighted by molar-refractivity contribution is 7.99. The third-order valence-electron chi connectivity index (χ3n) is 5.62. The Hall–Kier alpha value is -2.12. The van der Waals surface area contributed by atoms with Gasteiger partial charge in [0.05, 0.1) is 17.7 Å². The Morgan fingerprint density at radius 3 is 2.48 bits per heavy atom. The van der Waals surface area contributed by atoms with Crippen LogP contribution >= 0.6 is 23.1 Å². The smallest absolute Gasteiger partial charge is 0.263 e. The second kappa shape index (κ2) is 10.0. The zero-order valence-electron chi connectivity index (χ0n) is 19.1. The molecule has 0 fully saturated rings. The summed E-state index contributed by atoms with van der Waals surface area (Å²) in [6.07, 6.45) is 0.877. The van der Waals surface area contributed by atoms with E-state index >= 15 is 0 Å². The molecule has 166 valence electrons. The Kier molecular flexibility index (Phi) is 7.59. The van der Waals surface area contributed by atoms with Gasteiger partial charge in [0.25, 0.3) is 5.56 Å². The summed E-state index contributed by atoms with van der Waals surface area (Å²) in [7, 11) is 0. The molecule has 7 heteroatoms. The summed E-state index contributed by atoms with van der Waals surface area (Å²) in [6.45, 7) is 12.7. The van der Waals surface area contributed by atoms with Crippen LogP contribution < -0.4 is 10.9 Å². The fraction of sp³-hybridized carbons (Fsp3) is 0.458. The van der Waals surface area contributed by atoms with Crippen molar-refractivity contribution in [1.29, 1.82) is 0 Å². The summed E-state index contributed by atoms with van der Waals surface area (Å²) in [4.78, 5) is 32.7. The lowest BCUT2D eigenvalue weighted by molar-refractivity contribution is -0.119. The molecular weight excluding hydrogens is 426 g/mol. The highest BCUT2D eigenvalue weighted by Crippen LogP contribution is 2.29. The molecule has 3 aromatic rings. The van der Waals surface area contributed by atoms with Crippen molar-refractivity contribution in [2.24, 2.45) is 5.92 Å². The van der Waals surface area contributed by atoms with Crippen LogP contribution in [0.5, 0.6) is 0 Å². The van der Waals surface area contributed by atoms with E-state index < -0.39 is 0 Å². The van der Waals surface area contributed by atoms with Gasteiger partial charge in [-0.3, -0.25) is 14.2 Å². The summed E-state index contributed by atoms with van der Waals surface area (Å²) in [5.41, 5.74) is 3.21. The van der Waals surface area contributed by atoms with Crippen molar-refractivity contribution < 1.29 is 4.79 Å². The number of fused-ring (bicyclic) bond motifs is 1. The van der Waals surface area contributed by atoms with Gasteiger partial charge in [0.2, 0.25) is 5.91 Å². The summed E-state index contributed by atoms with van der Waals surface area (Å²) < 4.78 is 1.72. The second-order valence-corrected chi connectivity index (χ2v) is 10.4.